The van der Waals surface area contributed by atoms with Crippen molar-refractivity contribution in [3.05, 3.63) is 29.8 Å². The lowest BCUT2D eigenvalue weighted by atomic mass is 10.1. The van der Waals surface area contributed by atoms with Gasteiger partial charge >= 0.3 is 0 Å². The molecule has 0 bridgehead atoms. The number of carbonyl (C=O) groups excluding carboxylic acids is 1. The molecule has 4 heteroatoms. The Hall–Kier alpha value is -1.86. The smallest absolute Gasteiger partial charge is 0.206 e. The zero-order chi connectivity index (χ0) is 11.3. The zero-order valence-electron chi connectivity index (χ0n) is 8.56. The van der Waals surface area contributed by atoms with Gasteiger partial charge in [-0.05, 0) is 12.1 Å². The fraction of sp³-hybridized carbons (Fsp3) is 0.273. The largest absolute Gasteiger partial charge is 0.497 e. The van der Waals surface area contributed by atoms with Crippen LogP contribution < -0.4 is 4.74 Å². The Morgan fingerprint density at radius 2 is 2.20 bits per heavy atom. The number of methoxy groups -OCH3 is 2. The predicted molar refractivity (Wildman–Crippen MR) is 53.7 cm³/mol. The van der Waals surface area contributed by atoms with Crippen molar-refractivity contribution >= 4 is 5.78 Å². The van der Waals surface area contributed by atoms with Crippen molar-refractivity contribution in [3.8, 4) is 11.8 Å². The summed E-state index contributed by atoms with van der Waals surface area (Å²) < 4.78 is 9.71. The van der Waals surface area contributed by atoms with Gasteiger partial charge in [-0.2, -0.15) is 5.26 Å². The summed E-state index contributed by atoms with van der Waals surface area (Å²) >= 11 is 0. The molecule has 0 fully saturated rings. The van der Waals surface area contributed by atoms with Crippen LogP contribution in [-0.4, -0.2) is 26.1 Å². The fourth-order valence-corrected chi connectivity index (χ4v) is 1.15. The van der Waals surface area contributed by atoms with Gasteiger partial charge in [-0.25, -0.2) is 0 Å². The SMILES string of the molecule is COc1cccc(C(=O)C(C#N)OC)c1. The molecule has 1 aromatic rings. The molecule has 15 heavy (non-hydrogen) atoms. The lowest BCUT2D eigenvalue weighted by Crippen LogP contribution is -2.20. The molecule has 0 radical (unpaired) electrons. The van der Waals surface area contributed by atoms with Crippen LogP contribution in [0, 0.1) is 11.3 Å². The average molecular weight is 205 g/mol. The standard InChI is InChI=1S/C11H11NO3/c1-14-9-5-3-4-8(6-9)11(13)10(7-12)15-2/h3-6,10H,1-2H3. The Morgan fingerprint density at radius 1 is 1.47 bits per heavy atom. The normalized spacial score (nSPS) is 11.5. The van der Waals surface area contributed by atoms with E-state index in [9.17, 15) is 4.79 Å². The van der Waals surface area contributed by atoms with Gasteiger partial charge in [0.05, 0.1) is 7.11 Å². The first-order valence-electron chi connectivity index (χ1n) is 4.33. The highest BCUT2D eigenvalue weighted by Gasteiger charge is 2.18. The van der Waals surface area contributed by atoms with Crippen molar-refractivity contribution in [1.29, 1.82) is 5.26 Å². The van der Waals surface area contributed by atoms with E-state index < -0.39 is 6.10 Å². The van der Waals surface area contributed by atoms with Gasteiger partial charge in [0, 0.05) is 12.7 Å². The summed E-state index contributed by atoms with van der Waals surface area (Å²) in [6, 6.07) is 8.39. The second-order valence-electron chi connectivity index (χ2n) is 2.84. The van der Waals surface area contributed by atoms with Crippen LogP contribution in [0.5, 0.6) is 5.75 Å². The first-order valence-corrected chi connectivity index (χ1v) is 4.33. The molecule has 1 atom stereocenters. The summed E-state index contributed by atoms with van der Waals surface area (Å²) in [6.07, 6.45) is -1.06. The van der Waals surface area contributed by atoms with Crippen molar-refractivity contribution in [1.82, 2.24) is 0 Å². The Morgan fingerprint density at radius 3 is 2.73 bits per heavy atom. The van der Waals surface area contributed by atoms with Crippen LogP contribution in [0.4, 0.5) is 0 Å². The number of rotatable bonds is 4. The predicted octanol–water partition coefficient (Wildman–Crippen LogP) is 1.42. The van der Waals surface area contributed by atoms with E-state index in [1.165, 1.54) is 14.2 Å². The highest BCUT2D eigenvalue weighted by Crippen LogP contribution is 2.14. The number of Topliss-reactive ketones (excluding diaryl/α,β-unsaturated/α-hetero) is 1. The maximum absolute atomic E-state index is 11.7. The van der Waals surface area contributed by atoms with Crippen molar-refractivity contribution in [3.63, 3.8) is 0 Å². The average Bonchev–Trinajstić information content (AvgIpc) is 2.30. The molecule has 0 amide bonds. The van der Waals surface area contributed by atoms with Crippen LogP contribution in [0.15, 0.2) is 24.3 Å². The van der Waals surface area contributed by atoms with Crippen LogP contribution >= 0.6 is 0 Å². The van der Waals surface area contributed by atoms with Gasteiger partial charge in [0.25, 0.3) is 0 Å². The summed E-state index contributed by atoms with van der Waals surface area (Å²) in [5, 5.41) is 8.66. The third-order valence-corrected chi connectivity index (χ3v) is 1.95. The van der Waals surface area contributed by atoms with E-state index in [1.54, 1.807) is 30.3 Å². The number of ether oxygens (including phenoxy) is 2. The molecule has 1 aromatic carbocycles. The number of benzene rings is 1. The van der Waals surface area contributed by atoms with Crippen molar-refractivity contribution in [2.75, 3.05) is 14.2 Å². The van der Waals surface area contributed by atoms with Crippen molar-refractivity contribution < 1.29 is 14.3 Å². The third kappa shape index (κ3) is 2.55. The van der Waals surface area contributed by atoms with E-state index in [4.69, 9.17) is 14.7 Å². The van der Waals surface area contributed by atoms with Crippen LogP contribution in [-0.2, 0) is 4.74 Å². The van der Waals surface area contributed by atoms with E-state index in [0.29, 0.717) is 11.3 Å². The summed E-state index contributed by atoms with van der Waals surface area (Å²) in [4.78, 5) is 11.7. The van der Waals surface area contributed by atoms with Crippen LogP contribution in [0.25, 0.3) is 0 Å². The number of ketones is 1. The number of hydrogen-bond acceptors (Lipinski definition) is 4. The third-order valence-electron chi connectivity index (χ3n) is 1.95. The monoisotopic (exact) mass is 205 g/mol. The summed E-state index contributed by atoms with van der Waals surface area (Å²) in [7, 11) is 2.84. The van der Waals surface area contributed by atoms with E-state index >= 15 is 0 Å². The molecule has 0 spiro atoms. The molecule has 4 nitrogen and oxygen atoms in total. The summed E-state index contributed by atoms with van der Waals surface area (Å²) in [5.74, 6) is 0.215. The Bertz CT molecular complexity index is 395. The Balaban J connectivity index is 2.96. The molecule has 0 aliphatic heterocycles. The van der Waals surface area contributed by atoms with E-state index in [-0.39, 0.29) is 5.78 Å². The fourth-order valence-electron chi connectivity index (χ4n) is 1.15. The molecule has 1 unspecified atom stereocenters. The minimum absolute atomic E-state index is 0.362. The van der Waals surface area contributed by atoms with Crippen molar-refractivity contribution in [2.24, 2.45) is 0 Å². The molecule has 0 aromatic heterocycles. The highest BCUT2D eigenvalue weighted by atomic mass is 16.5. The first kappa shape index (κ1) is 11.2. The van der Waals surface area contributed by atoms with Gasteiger partial charge in [-0.3, -0.25) is 4.79 Å². The minimum atomic E-state index is -1.06. The topological polar surface area (TPSA) is 59.3 Å². The number of nitriles is 1. The Kier molecular flexibility index (Phi) is 3.83. The quantitative estimate of drug-likeness (QED) is 0.697. The van der Waals surface area contributed by atoms with Gasteiger partial charge in [-0.15, -0.1) is 0 Å². The molecular weight excluding hydrogens is 194 g/mol. The maximum atomic E-state index is 11.7. The molecule has 0 N–H and O–H groups in total. The maximum Gasteiger partial charge on any atom is 0.206 e. The summed E-state index contributed by atoms with van der Waals surface area (Å²) in [6.45, 7) is 0. The molecule has 0 aliphatic rings. The molecule has 1 rings (SSSR count). The lowest BCUT2D eigenvalue weighted by Gasteiger charge is -2.06. The first-order chi connectivity index (χ1) is 7.22. The van der Waals surface area contributed by atoms with Crippen LogP contribution in [0.3, 0.4) is 0 Å². The number of carbonyl (C=O) groups is 1. The molecule has 0 aliphatic carbocycles. The molecule has 0 saturated heterocycles. The van der Waals surface area contributed by atoms with Gasteiger partial charge in [0.1, 0.15) is 11.8 Å². The van der Waals surface area contributed by atoms with Gasteiger partial charge in [-0.1, -0.05) is 12.1 Å². The van der Waals surface area contributed by atoms with Crippen LogP contribution in [0.2, 0.25) is 0 Å². The molecule has 0 saturated carbocycles. The minimum Gasteiger partial charge on any atom is -0.497 e. The van der Waals surface area contributed by atoms with Gasteiger partial charge in [0.15, 0.2) is 0 Å². The molecular formula is C11H11NO3. The van der Waals surface area contributed by atoms with E-state index in [1.807, 2.05) is 0 Å². The zero-order valence-corrected chi connectivity index (χ0v) is 8.56. The van der Waals surface area contributed by atoms with Gasteiger partial charge < -0.3 is 9.47 Å². The van der Waals surface area contributed by atoms with Crippen LogP contribution in [0.1, 0.15) is 10.4 Å². The number of nitrogens with zero attached hydrogens (tertiary/aromatic N) is 1. The van der Waals surface area contributed by atoms with E-state index in [0.717, 1.165) is 0 Å². The van der Waals surface area contributed by atoms with Gasteiger partial charge in [0.2, 0.25) is 11.9 Å². The molecule has 0 heterocycles. The van der Waals surface area contributed by atoms with E-state index in [2.05, 4.69) is 0 Å². The highest BCUT2D eigenvalue weighted by molar-refractivity contribution is 6.01. The second kappa shape index (κ2) is 5.13. The van der Waals surface area contributed by atoms with Crippen molar-refractivity contribution in [2.45, 2.75) is 6.10 Å². The molecule has 78 valence electrons. The summed E-state index contributed by atoms with van der Waals surface area (Å²) in [5.41, 5.74) is 0.405. The Labute approximate surface area is 88.0 Å². The number of hydrogen-bond donors (Lipinski definition) is 0. The lowest BCUT2D eigenvalue weighted by molar-refractivity contribution is 0.0734. The second-order valence-corrected chi connectivity index (χ2v) is 2.84.